The Morgan fingerprint density at radius 3 is 2.09 bits per heavy atom. The van der Waals surface area contributed by atoms with Crippen molar-refractivity contribution in [2.75, 3.05) is 0 Å². The Hall–Kier alpha value is -1.45. The first-order valence-electron chi connectivity index (χ1n) is 3.12. The molecule has 0 aromatic carbocycles. The lowest BCUT2D eigenvalue weighted by molar-refractivity contribution is 0.354. The SMILES string of the molecule is Cc1nc(O)c(O)c(O)c1C. The van der Waals surface area contributed by atoms with Gasteiger partial charge in [-0.15, -0.1) is 0 Å². The second-order valence-electron chi connectivity index (χ2n) is 2.34. The molecule has 11 heavy (non-hydrogen) atoms. The fraction of sp³-hybridized carbons (Fsp3) is 0.286. The third-order valence-corrected chi connectivity index (χ3v) is 1.61. The first-order valence-corrected chi connectivity index (χ1v) is 3.12. The molecule has 1 heterocycles. The Kier molecular flexibility index (Phi) is 1.60. The summed E-state index contributed by atoms with van der Waals surface area (Å²) in [6, 6.07) is 0. The fourth-order valence-electron chi connectivity index (χ4n) is 0.751. The highest BCUT2D eigenvalue weighted by Gasteiger charge is 2.11. The largest absolute Gasteiger partial charge is 0.504 e. The molecule has 3 N–H and O–H groups in total. The molecule has 4 nitrogen and oxygen atoms in total. The second-order valence-corrected chi connectivity index (χ2v) is 2.34. The minimum atomic E-state index is -0.562. The van der Waals surface area contributed by atoms with Gasteiger partial charge in [0.15, 0.2) is 5.75 Å². The van der Waals surface area contributed by atoms with E-state index < -0.39 is 11.6 Å². The minimum Gasteiger partial charge on any atom is -0.504 e. The molecular formula is C7H9NO3. The maximum Gasteiger partial charge on any atom is 0.258 e. The van der Waals surface area contributed by atoms with Gasteiger partial charge in [-0.3, -0.25) is 0 Å². The van der Waals surface area contributed by atoms with Crippen LogP contribution in [0.25, 0.3) is 0 Å². The van der Waals surface area contributed by atoms with Crippen LogP contribution in [0.15, 0.2) is 0 Å². The molecule has 0 radical (unpaired) electrons. The van der Waals surface area contributed by atoms with E-state index in [1.807, 2.05) is 0 Å². The number of aromatic nitrogens is 1. The molecule has 0 spiro atoms. The van der Waals surface area contributed by atoms with Gasteiger partial charge in [-0.1, -0.05) is 0 Å². The van der Waals surface area contributed by atoms with Crippen molar-refractivity contribution in [1.29, 1.82) is 0 Å². The van der Waals surface area contributed by atoms with Crippen LogP contribution in [0.5, 0.6) is 17.4 Å². The summed E-state index contributed by atoms with van der Waals surface area (Å²) in [7, 11) is 0. The highest BCUT2D eigenvalue weighted by Crippen LogP contribution is 2.35. The lowest BCUT2D eigenvalue weighted by atomic mass is 10.2. The zero-order valence-corrected chi connectivity index (χ0v) is 6.29. The fourth-order valence-corrected chi connectivity index (χ4v) is 0.751. The van der Waals surface area contributed by atoms with E-state index in [0.29, 0.717) is 11.3 Å². The molecule has 0 fully saturated rings. The van der Waals surface area contributed by atoms with Crippen LogP contribution in [0.1, 0.15) is 11.3 Å². The summed E-state index contributed by atoms with van der Waals surface area (Å²) in [5.41, 5.74) is 0.970. The molecule has 4 heteroatoms. The van der Waals surface area contributed by atoms with Gasteiger partial charge in [0.2, 0.25) is 5.75 Å². The zero-order valence-electron chi connectivity index (χ0n) is 6.29. The third-order valence-electron chi connectivity index (χ3n) is 1.61. The van der Waals surface area contributed by atoms with E-state index in [2.05, 4.69) is 4.98 Å². The molecule has 0 aliphatic heterocycles. The van der Waals surface area contributed by atoms with E-state index in [9.17, 15) is 0 Å². The number of hydrogen-bond donors (Lipinski definition) is 3. The van der Waals surface area contributed by atoms with Crippen LogP contribution in [-0.4, -0.2) is 20.3 Å². The topological polar surface area (TPSA) is 73.6 Å². The molecule has 0 amide bonds. The molecular weight excluding hydrogens is 146 g/mol. The molecule has 0 bridgehead atoms. The van der Waals surface area contributed by atoms with Gasteiger partial charge >= 0.3 is 0 Å². The highest BCUT2D eigenvalue weighted by molar-refractivity contribution is 5.50. The van der Waals surface area contributed by atoms with Gasteiger partial charge in [-0.05, 0) is 13.8 Å². The molecule has 0 aliphatic carbocycles. The van der Waals surface area contributed by atoms with Crippen LogP contribution in [0.3, 0.4) is 0 Å². The molecule has 0 aliphatic rings. The monoisotopic (exact) mass is 155 g/mol. The standard InChI is InChI=1S/C7H9NO3/c1-3-4(2)8-7(11)6(10)5(3)9/h10H,1-2H3,(H2,8,9,11). The summed E-state index contributed by atoms with van der Waals surface area (Å²) in [6.07, 6.45) is 0. The predicted octanol–water partition coefficient (Wildman–Crippen LogP) is 0.815. The normalized spacial score (nSPS) is 10.0. The highest BCUT2D eigenvalue weighted by atomic mass is 16.3. The summed E-state index contributed by atoms with van der Waals surface area (Å²) >= 11 is 0. The van der Waals surface area contributed by atoms with E-state index >= 15 is 0 Å². The van der Waals surface area contributed by atoms with Crippen molar-refractivity contribution in [2.45, 2.75) is 13.8 Å². The maximum absolute atomic E-state index is 9.12. The van der Waals surface area contributed by atoms with Gasteiger partial charge in [-0.25, -0.2) is 4.98 Å². The van der Waals surface area contributed by atoms with E-state index in [4.69, 9.17) is 15.3 Å². The Morgan fingerprint density at radius 1 is 1.00 bits per heavy atom. The summed E-state index contributed by atoms with van der Waals surface area (Å²) in [5.74, 6) is -1.41. The van der Waals surface area contributed by atoms with Crippen LogP contribution in [0.2, 0.25) is 0 Å². The van der Waals surface area contributed by atoms with E-state index in [1.165, 1.54) is 0 Å². The van der Waals surface area contributed by atoms with E-state index in [-0.39, 0.29) is 5.75 Å². The van der Waals surface area contributed by atoms with Gasteiger partial charge in [-0.2, -0.15) is 0 Å². The van der Waals surface area contributed by atoms with Crippen LogP contribution in [-0.2, 0) is 0 Å². The quantitative estimate of drug-likeness (QED) is 0.518. The second kappa shape index (κ2) is 2.30. The molecule has 1 aromatic rings. The van der Waals surface area contributed by atoms with Crippen molar-refractivity contribution < 1.29 is 15.3 Å². The van der Waals surface area contributed by atoms with Crippen molar-refractivity contribution >= 4 is 0 Å². The summed E-state index contributed by atoms with van der Waals surface area (Å²) < 4.78 is 0. The van der Waals surface area contributed by atoms with Crippen molar-refractivity contribution in [3.05, 3.63) is 11.3 Å². The summed E-state index contributed by atoms with van der Waals surface area (Å²) in [4.78, 5) is 3.58. The molecule has 60 valence electrons. The van der Waals surface area contributed by atoms with Crippen molar-refractivity contribution in [1.82, 2.24) is 4.98 Å². The van der Waals surface area contributed by atoms with E-state index in [1.54, 1.807) is 13.8 Å². The minimum absolute atomic E-state index is 0.310. The lowest BCUT2D eigenvalue weighted by Gasteiger charge is -2.04. The number of nitrogens with zero attached hydrogens (tertiary/aromatic N) is 1. The molecule has 1 aromatic heterocycles. The number of rotatable bonds is 0. The molecule has 0 saturated carbocycles. The number of aryl methyl sites for hydroxylation is 1. The Morgan fingerprint density at radius 2 is 1.55 bits per heavy atom. The predicted molar refractivity (Wildman–Crippen MR) is 38.7 cm³/mol. The number of pyridine rings is 1. The van der Waals surface area contributed by atoms with Crippen LogP contribution >= 0.6 is 0 Å². The van der Waals surface area contributed by atoms with Gasteiger partial charge in [0, 0.05) is 11.3 Å². The van der Waals surface area contributed by atoms with Crippen molar-refractivity contribution in [2.24, 2.45) is 0 Å². The Balaban J connectivity index is 3.46. The van der Waals surface area contributed by atoms with Gasteiger partial charge < -0.3 is 15.3 Å². The van der Waals surface area contributed by atoms with Crippen LogP contribution in [0.4, 0.5) is 0 Å². The smallest absolute Gasteiger partial charge is 0.258 e. The number of aromatic hydroxyl groups is 3. The molecule has 0 unspecified atom stereocenters. The lowest BCUT2D eigenvalue weighted by Crippen LogP contribution is -1.87. The summed E-state index contributed by atoms with van der Waals surface area (Å²) in [6.45, 7) is 3.24. The van der Waals surface area contributed by atoms with Gasteiger partial charge in [0.05, 0.1) is 0 Å². The van der Waals surface area contributed by atoms with Crippen LogP contribution in [0, 0.1) is 13.8 Å². The number of hydrogen-bond acceptors (Lipinski definition) is 4. The Bertz CT molecular complexity index is 270. The maximum atomic E-state index is 9.12. The van der Waals surface area contributed by atoms with Gasteiger partial charge in [0.1, 0.15) is 0 Å². The van der Waals surface area contributed by atoms with Gasteiger partial charge in [0.25, 0.3) is 5.88 Å². The average molecular weight is 155 g/mol. The molecule has 0 saturated heterocycles. The molecule has 0 atom stereocenters. The Labute approximate surface area is 63.8 Å². The zero-order chi connectivity index (χ0) is 8.59. The van der Waals surface area contributed by atoms with E-state index in [0.717, 1.165) is 0 Å². The van der Waals surface area contributed by atoms with Crippen molar-refractivity contribution in [3.8, 4) is 17.4 Å². The molecule has 1 rings (SSSR count). The first-order chi connectivity index (χ1) is 5.04. The summed E-state index contributed by atoms with van der Waals surface area (Å²) in [5, 5.41) is 27.0. The van der Waals surface area contributed by atoms with Crippen LogP contribution < -0.4 is 0 Å². The average Bonchev–Trinajstić information content (AvgIpc) is 1.97. The van der Waals surface area contributed by atoms with Crippen molar-refractivity contribution in [3.63, 3.8) is 0 Å². The third kappa shape index (κ3) is 1.07. The first kappa shape index (κ1) is 7.65.